The van der Waals surface area contributed by atoms with Gasteiger partial charge < -0.3 is 10.0 Å². The van der Waals surface area contributed by atoms with Crippen molar-refractivity contribution >= 4 is 23.9 Å². The lowest BCUT2D eigenvalue weighted by Gasteiger charge is -2.40. The highest BCUT2D eigenvalue weighted by Gasteiger charge is 2.53. The highest BCUT2D eigenvalue weighted by Crippen LogP contribution is 2.62. The van der Waals surface area contributed by atoms with Crippen molar-refractivity contribution in [3.8, 4) is 0 Å². The van der Waals surface area contributed by atoms with Gasteiger partial charge in [0.2, 0.25) is 0 Å². The summed E-state index contributed by atoms with van der Waals surface area (Å²) in [6.07, 6.45) is 4.13. The van der Waals surface area contributed by atoms with Crippen LogP contribution in [0.5, 0.6) is 0 Å². The van der Waals surface area contributed by atoms with Gasteiger partial charge in [0.1, 0.15) is 12.1 Å². The van der Waals surface area contributed by atoms with Crippen molar-refractivity contribution in [2.24, 2.45) is 16.7 Å². The fourth-order valence-electron chi connectivity index (χ4n) is 5.88. The van der Waals surface area contributed by atoms with Crippen LogP contribution >= 0.6 is 0 Å². The van der Waals surface area contributed by atoms with Gasteiger partial charge in [-0.15, -0.1) is 0 Å². The monoisotopic (exact) mass is 465 g/mol. The minimum atomic E-state index is -1.15. The summed E-state index contributed by atoms with van der Waals surface area (Å²) in [7, 11) is 0. The Bertz CT molecular complexity index is 838. The van der Waals surface area contributed by atoms with Crippen LogP contribution < -0.4 is 10.9 Å². The number of hydroxylamine groups is 2. The topological polar surface area (TPSA) is 143 Å². The number of nitrogens with zero attached hydrogens (tertiary/aromatic N) is 3. The maximum Gasteiger partial charge on any atom is 0.407 e. The first kappa shape index (κ1) is 23.6. The molecule has 1 aliphatic carbocycles. The van der Waals surface area contributed by atoms with Crippen LogP contribution in [0.4, 0.5) is 9.59 Å². The zero-order valence-corrected chi connectivity index (χ0v) is 19.5. The van der Waals surface area contributed by atoms with Crippen molar-refractivity contribution in [2.75, 3.05) is 13.1 Å². The Balaban J connectivity index is 1.36. The third-order valence-corrected chi connectivity index (χ3v) is 8.34. The van der Waals surface area contributed by atoms with Crippen LogP contribution in [0, 0.1) is 16.7 Å². The van der Waals surface area contributed by atoms with Crippen molar-refractivity contribution in [3.05, 3.63) is 0 Å². The van der Waals surface area contributed by atoms with Crippen molar-refractivity contribution in [1.82, 2.24) is 25.7 Å². The number of amides is 5. The van der Waals surface area contributed by atoms with Gasteiger partial charge in [-0.3, -0.25) is 30.5 Å². The summed E-state index contributed by atoms with van der Waals surface area (Å²) in [6.45, 7) is 7.25. The standard InChI is InChI=1S/C22H35N5O6/c1-21(2,3)22(7-8-22)11-13-6-9-25(20(31)32)16(10-13)18(29)24-23-17(28)15-5-4-14-12-26(15)19(30)27(14)33/h13-16,33H,4-12H2,1-3H3,(H,23,28)(H,24,29)(H,31,32)/t13-,14-,15+,16+/m1/s1. The highest BCUT2D eigenvalue weighted by molar-refractivity contribution is 5.91. The van der Waals surface area contributed by atoms with Crippen molar-refractivity contribution in [3.63, 3.8) is 0 Å². The van der Waals surface area contributed by atoms with E-state index in [2.05, 4.69) is 31.6 Å². The molecule has 11 heteroatoms. The second-order valence-corrected chi connectivity index (χ2v) is 11.1. The first-order valence-electron chi connectivity index (χ1n) is 11.8. The summed E-state index contributed by atoms with van der Waals surface area (Å²) >= 11 is 0. The maximum absolute atomic E-state index is 12.9. The van der Waals surface area contributed by atoms with E-state index >= 15 is 0 Å². The summed E-state index contributed by atoms with van der Waals surface area (Å²) in [5.74, 6) is -0.882. The number of piperidine rings is 2. The number of carbonyl (C=O) groups excluding carboxylic acids is 3. The molecule has 3 aliphatic heterocycles. The molecule has 0 aromatic carbocycles. The van der Waals surface area contributed by atoms with Crippen molar-refractivity contribution in [1.29, 1.82) is 0 Å². The van der Waals surface area contributed by atoms with Crippen LogP contribution in [-0.4, -0.2) is 80.3 Å². The Labute approximate surface area is 193 Å². The number of nitrogens with one attached hydrogen (secondary N) is 2. The number of carboxylic acid groups (broad SMARTS) is 1. The normalized spacial score (nSPS) is 30.8. The molecule has 0 radical (unpaired) electrons. The number of hydrazine groups is 1. The Morgan fingerprint density at radius 2 is 1.70 bits per heavy atom. The first-order chi connectivity index (χ1) is 15.4. The van der Waals surface area contributed by atoms with E-state index in [0.717, 1.165) is 30.6 Å². The van der Waals surface area contributed by atoms with Crippen LogP contribution in [0.3, 0.4) is 0 Å². The van der Waals surface area contributed by atoms with Gasteiger partial charge in [-0.2, -0.15) is 0 Å². The molecular formula is C22H35N5O6. The van der Waals surface area contributed by atoms with Gasteiger partial charge in [0.15, 0.2) is 0 Å². The number of hydrogen-bond acceptors (Lipinski definition) is 5. The Hall–Kier alpha value is -2.56. The quantitative estimate of drug-likeness (QED) is 0.368. The van der Waals surface area contributed by atoms with Crippen LogP contribution in [0.25, 0.3) is 0 Å². The average molecular weight is 466 g/mol. The van der Waals surface area contributed by atoms with E-state index in [0.29, 0.717) is 24.3 Å². The van der Waals surface area contributed by atoms with E-state index in [1.54, 1.807) is 0 Å². The molecule has 5 amide bonds. The van der Waals surface area contributed by atoms with Crippen LogP contribution in [0.1, 0.15) is 65.7 Å². The van der Waals surface area contributed by atoms with E-state index in [-0.39, 0.29) is 35.9 Å². The molecule has 184 valence electrons. The number of carbonyl (C=O) groups is 4. The third-order valence-electron chi connectivity index (χ3n) is 8.34. The van der Waals surface area contributed by atoms with E-state index in [9.17, 15) is 29.5 Å². The second-order valence-electron chi connectivity index (χ2n) is 11.1. The molecule has 4 fully saturated rings. The Morgan fingerprint density at radius 1 is 1.06 bits per heavy atom. The van der Waals surface area contributed by atoms with E-state index in [1.807, 2.05) is 0 Å². The number of fused-ring (bicyclic) bond motifs is 2. The van der Waals surface area contributed by atoms with Gasteiger partial charge in [-0.25, -0.2) is 14.7 Å². The number of likely N-dealkylation sites (tertiary alicyclic amines) is 1. The lowest BCUT2D eigenvalue weighted by molar-refractivity contribution is -0.135. The Kier molecular flexibility index (Phi) is 5.96. The maximum atomic E-state index is 12.9. The summed E-state index contributed by atoms with van der Waals surface area (Å²) in [5, 5.41) is 20.0. The van der Waals surface area contributed by atoms with Crippen LogP contribution in [0.2, 0.25) is 0 Å². The van der Waals surface area contributed by atoms with E-state index in [4.69, 9.17) is 0 Å². The third kappa shape index (κ3) is 4.34. The van der Waals surface area contributed by atoms with E-state index < -0.39 is 36.0 Å². The molecule has 1 saturated carbocycles. The summed E-state index contributed by atoms with van der Waals surface area (Å²) in [4.78, 5) is 51.9. The molecule has 4 N–H and O–H groups in total. The van der Waals surface area contributed by atoms with E-state index in [1.165, 1.54) is 4.90 Å². The SMILES string of the molecule is CC(C)(C)C1(C[C@@H]2CCN(C(=O)O)[C@H](C(=O)NNC(=O)[C@@H]3CC[C@@H]4CN3C(=O)N4O)C2)CC1. The minimum Gasteiger partial charge on any atom is -0.465 e. The Morgan fingerprint density at radius 3 is 2.27 bits per heavy atom. The van der Waals surface area contributed by atoms with Gasteiger partial charge in [0.25, 0.3) is 11.8 Å². The van der Waals surface area contributed by atoms with Gasteiger partial charge in [-0.05, 0) is 61.7 Å². The van der Waals surface area contributed by atoms with Crippen LogP contribution in [0.15, 0.2) is 0 Å². The molecular weight excluding hydrogens is 430 g/mol. The largest absolute Gasteiger partial charge is 0.465 e. The molecule has 0 aromatic rings. The fraction of sp³-hybridized carbons (Fsp3) is 0.818. The molecule has 0 unspecified atom stereocenters. The molecule has 0 aromatic heterocycles. The summed E-state index contributed by atoms with van der Waals surface area (Å²) < 4.78 is 0. The molecule has 4 atom stereocenters. The van der Waals surface area contributed by atoms with Gasteiger partial charge in [0.05, 0.1) is 6.04 Å². The van der Waals surface area contributed by atoms with Crippen molar-refractivity contribution < 1.29 is 29.5 Å². The lowest BCUT2D eigenvalue weighted by Crippen LogP contribution is -2.59. The molecule has 4 rings (SSSR count). The number of hydrogen-bond donors (Lipinski definition) is 4. The summed E-state index contributed by atoms with van der Waals surface area (Å²) in [5.41, 5.74) is 5.18. The molecule has 4 aliphatic rings. The minimum absolute atomic E-state index is 0.165. The molecule has 11 nitrogen and oxygen atoms in total. The molecule has 33 heavy (non-hydrogen) atoms. The molecule has 2 bridgehead atoms. The van der Waals surface area contributed by atoms with Gasteiger partial charge >= 0.3 is 12.1 Å². The summed E-state index contributed by atoms with van der Waals surface area (Å²) in [6, 6.07) is -2.61. The molecule has 3 heterocycles. The zero-order valence-electron chi connectivity index (χ0n) is 19.5. The lowest BCUT2D eigenvalue weighted by atomic mass is 9.70. The molecule has 3 saturated heterocycles. The van der Waals surface area contributed by atoms with Gasteiger partial charge in [0, 0.05) is 13.1 Å². The first-order valence-corrected chi connectivity index (χ1v) is 11.8. The average Bonchev–Trinajstić information content (AvgIpc) is 3.52. The zero-order chi connectivity index (χ0) is 24.1. The predicted octanol–water partition coefficient (Wildman–Crippen LogP) is 1.77. The second kappa shape index (κ2) is 8.34. The fourth-order valence-corrected chi connectivity index (χ4v) is 5.88. The molecule has 0 spiro atoms. The van der Waals surface area contributed by atoms with Gasteiger partial charge in [-0.1, -0.05) is 20.8 Å². The predicted molar refractivity (Wildman–Crippen MR) is 116 cm³/mol. The smallest absolute Gasteiger partial charge is 0.407 e. The van der Waals surface area contributed by atoms with Crippen LogP contribution in [-0.2, 0) is 9.59 Å². The highest BCUT2D eigenvalue weighted by atomic mass is 16.5. The number of urea groups is 1. The number of rotatable bonds is 4. The van der Waals surface area contributed by atoms with Crippen molar-refractivity contribution in [2.45, 2.75) is 83.8 Å².